The zero-order chi connectivity index (χ0) is 21.3. The lowest BCUT2D eigenvalue weighted by Crippen LogP contribution is -2.50. The maximum atomic E-state index is 13.8. The second-order valence-electron chi connectivity index (χ2n) is 7.20. The number of fused-ring (bicyclic) bond motifs is 2. The number of carbonyl (C=O) groups is 3. The SMILES string of the molecule is CSCC[C@@H](C(=O)N[C@@H]1CCSc2ccc(F)cc21)N1C(=O)c2ccccc2C1=O. The summed E-state index contributed by atoms with van der Waals surface area (Å²) in [6, 6.07) is 9.95. The molecule has 30 heavy (non-hydrogen) atoms. The van der Waals surface area contributed by atoms with Crippen molar-refractivity contribution in [1.29, 1.82) is 0 Å². The van der Waals surface area contributed by atoms with Gasteiger partial charge >= 0.3 is 0 Å². The van der Waals surface area contributed by atoms with E-state index < -0.39 is 17.9 Å². The van der Waals surface area contributed by atoms with Crippen LogP contribution in [0.5, 0.6) is 0 Å². The molecule has 0 fully saturated rings. The molecule has 2 aromatic rings. The second kappa shape index (κ2) is 8.81. The fraction of sp³-hybridized carbons (Fsp3) is 0.318. The molecule has 0 bridgehead atoms. The molecule has 0 aliphatic carbocycles. The Morgan fingerprint density at radius 1 is 1.23 bits per heavy atom. The zero-order valence-corrected chi connectivity index (χ0v) is 18.0. The predicted molar refractivity (Wildman–Crippen MR) is 116 cm³/mol. The van der Waals surface area contributed by atoms with E-state index in [-0.39, 0.29) is 17.8 Å². The molecule has 0 saturated carbocycles. The van der Waals surface area contributed by atoms with Gasteiger partial charge in [-0.3, -0.25) is 19.3 Å². The van der Waals surface area contributed by atoms with Crippen LogP contribution in [0, 0.1) is 5.82 Å². The van der Waals surface area contributed by atoms with Gasteiger partial charge in [-0.25, -0.2) is 4.39 Å². The number of hydrogen-bond donors (Lipinski definition) is 1. The van der Waals surface area contributed by atoms with Gasteiger partial charge in [-0.05, 0) is 60.7 Å². The van der Waals surface area contributed by atoms with Crippen molar-refractivity contribution in [2.45, 2.75) is 29.8 Å². The van der Waals surface area contributed by atoms with Crippen LogP contribution in [0.4, 0.5) is 4.39 Å². The Bertz CT molecular complexity index is 979. The summed E-state index contributed by atoms with van der Waals surface area (Å²) in [7, 11) is 0. The third kappa shape index (κ3) is 3.86. The van der Waals surface area contributed by atoms with Gasteiger partial charge in [0.25, 0.3) is 11.8 Å². The molecule has 0 spiro atoms. The van der Waals surface area contributed by atoms with E-state index in [1.54, 1.807) is 53.9 Å². The van der Waals surface area contributed by atoms with Crippen LogP contribution in [0.15, 0.2) is 47.4 Å². The summed E-state index contributed by atoms with van der Waals surface area (Å²) in [5.74, 6) is -0.200. The number of benzene rings is 2. The molecule has 5 nitrogen and oxygen atoms in total. The minimum Gasteiger partial charge on any atom is -0.347 e. The second-order valence-corrected chi connectivity index (χ2v) is 9.33. The Labute approximate surface area is 182 Å². The van der Waals surface area contributed by atoms with E-state index in [9.17, 15) is 18.8 Å². The Balaban J connectivity index is 1.60. The first-order valence-corrected chi connectivity index (χ1v) is 12.1. The first-order valence-electron chi connectivity index (χ1n) is 9.69. The summed E-state index contributed by atoms with van der Waals surface area (Å²) in [6.07, 6.45) is 2.93. The van der Waals surface area contributed by atoms with Crippen molar-refractivity contribution in [3.05, 3.63) is 65.0 Å². The van der Waals surface area contributed by atoms with Crippen molar-refractivity contribution in [1.82, 2.24) is 10.2 Å². The first kappa shape index (κ1) is 20.9. The molecule has 8 heteroatoms. The minimum absolute atomic E-state index is 0.325. The molecule has 0 unspecified atom stereocenters. The molecular weight excluding hydrogens is 423 g/mol. The molecule has 156 valence electrons. The van der Waals surface area contributed by atoms with Crippen LogP contribution in [0.3, 0.4) is 0 Å². The summed E-state index contributed by atoms with van der Waals surface area (Å²) in [5.41, 5.74) is 1.39. The van der Waals surface area contributed by atoms with Gasteiger partial charge in [-0.2, -0.15) is 11.8 Å². The lowest BCUT2D eigenvalue weighted by Gasteiger charge is -2.30. The van der Waals surface area contributed by atoms with Gasteiger partial charge in [0.2, 0.25) is 5.91 Å². The van der Waals surface area contributed by atoms with E-state index in [1.807, 2.05) is 6.26 Å². The summed E-state index contributed by atoms with van der Waals surface area (Å²) in [5, 5.41) is 2.98. The third-order valence-corrected chi connectivity index (χ3v) is 7.13. The monoisotopic (exact) mass is 444 g/mol. The normalized spacial score (nSPS) is 18.7. The van der Waals surface area contributed by atoms with Crippen LogP contribution in [-0.2, 0) is 4.79 Å². The van der Waals surface area contributed by atoms with Crippen molar-refractivity contribution < 1.29 is 18.8 Å². The van der Waals surface area contributed by atoms with Gasteiger partial charge in [0.15, 0.2) is 0 Å². The van der Waals surface area contributed by atoms with E-state index in [0.29, 0.717) is 29.7 Å². The van der Waals surface area contributed by atoms with Crippen molar-refractivity contribution in [2.75, 3.05) is 17.8 Å². The quantitative estimate of drug-likeness (QED) is 0.685. The van der Waals surface area contributed by atoms with Crippen molar-refractivity contribution >= 4 is 41.2 Å². The zero-order valence-electron chi connectivity index (χ0n) is 16.4. The van der Waals surface area contributed by atoms with Gasteiger partial charge in [0.05, 0.1) is 17.2 Å². The van der Waals surface area contributed by atoms with E-state index in [1.165, 1.54) is 12.1 Å². The number of nitrogens with zero attached hydrogens (tertiary/aromatic N) is 1. The molecule has 0 aromatic heterocycles. The molecule has 2 aliphatic heterocycles. The average Bonchev–Trinajstić information content (AvgIpc) is 3.00. The van der Waals surface area contributed by atoms with Crippen molar-refractivity contribution in [3.63, 3.8) is 0 Å². The topological polar surface area (TPSA) is 66.5 Å². The highest BCUT2D eigenvalue weighted by Gasteiger charge is 2.42. The molecule has 2 aliphatic rings. The fourth-order valence-electron chi connectivity index (χ4n) is 3.88. The Kier molecular flexibility index (Phi) is 6.15. The van der Waals surface area contributed by atoms with Crippen LogP contribution >= 0.6 is 23.5 Å². The highest BCUT2D eigenvalue weighted by atomic mass is 32.2. The molecule has 2 atom stereocenters. The summed E-state index contributed by atoms with van der Waals surface area (Å²) in [4.78, 5) is 41.1. The van der Waals surface area contributed by atoms with E-state index in [0.717, 1.165) is 21.1 Å². The van der Waals surface area contributed by atoms with Crippen LogP contribution < -0.4 is 5.32 Å². The molecule has 1 N–H and O–H groups in total. The summed E-state index contributed by atoms with van der Waals surface area (Å²) < 4.78 is 13.8. The number of imide groups is 1. The van der Waals surface area contributed by atoms with Crippen LogP contribution in [0.1, 0.15) is 45.2 Å². The maximum Gasteiger partial charge on any atom is 0.262 e. The number of hydrogen-bond acceptors (Lipinski definition) is 5. The van der Waals surface area contributed by atoms with E-state index in [4.69, 9.17) is 0 Å². The highest BCUT2D eigenvalue weighted by Crippen LogP contribution is 2.37. The number of thioether (sulfide) groups is 2. The number of nitrogens with one attached hydrogen (secondary N) is 1. The number of carbonyl (C=O) groups excluding carboxylic acids is 3. The largest absolute Gasteiger partial charge is 0.347 e. The van der Waals surface area contributed by atoms with Gasteiger partial charge in [-0.1, -0.05) is 12.1 Å². The van der Waals surface area contributed by atoms with Crippen LogP contribution in [0.25, 0.3) is 0 Å². The standard InChI is InChI=1S/C22H21FN2O3S2/c1-29-10-9-18(25-21(27)14-4-2-3-5-15(14)22(25)28)20(26)24-17-8-11-30-19-7-6-13(23)12-16(17)19/h2-7,12,17-18H,8-11H2,1H3,(H,24,26)/t17-,18+/m1/s1. The summed E-state index contributed by atoms with van der Waals surface area (Å²) >= 11 is 3.18. The van der Waals surface area contributed by atoms with Gasteiger partial charge in [0, 0.05) is 10.6 Å². The number of rotatable bonds is 6. The molecule has 0 radical (unpaired) electrons. The van der Waals surface area contributed by atoms with Crippen molar-refractivity contribution in [3.8, 4) is 0 Å². The van der Waals surface area contributed by atoms with Gasteiger partial charge in [0.1, 0.15) is 11.9 Å². The van der Waals surface area contributed by atoms with Gasteiger partial charge < -0.3 is 5.32 Å². The van der Waals surface area contributed by atoms with Crippen LogP contribution in [-0.4, -0.2) is 46.4 Å². The number of amides is 3. The summed E-state index contributed by atoms with van der Waals surface area (Å²) in [6.45, 7) is 0. The molecular formula is C22H21FN2O3S2. The Morgan fingerprint density at radius 2 is 1.93 bits per heavy atom. The third-order valence-electron chi connectivity index (χ3n) is 5.36. The van der Waals surface area contributed by atoms with Crippen LogP contribution in [0.2, 0.25) is 0 Å². The fourth-order valence-corrected chi connectivity index (χ4v) is 5.45. The lowest BCUT2D eigenvalue weighted by molar-refractivity contribution is -0.125. The molecule has 2 heterocycles. The lowest BCUT2D eigenvalue weighted by atomic mass is 10.0. The number of halogens is 1. The molecule has 2 aromatic carbocycles. The Hall–Kier alpha value is -2.32. The average molecular weight is 445 g/mol. The van der Waals surface area contributed by atoms with E-state index in [2.05, 4.69) is 5.32 Å². The minimum atomic E-state index is -0.906. The first-order chi connectivity index (χ1) is 14.5. The molecule has 0 saturated heterocycles. The van der Waals surface area contributed by atoms with Gasteiger partial charge in [-0.15, -0.1) is 11.8 Å². The van der Waals surface area contributed by atoms with Crippen molar-refractivity contribution in [2.24, 2.45) is 0 Å². The molecule has 3 amide bonds. The smallest absolute Gasteiger partial charge is 0.262 e. The Morgan fingerprint density at radius 3 is 2.60 bits per heavy atom. The molecule has 4 rings (SSSR count). The predicted octanol–water partition coefficient (Wildman–Crippen LogP) is 3.90. The van der Waals surface area contributed by atoms with E-state index >= 15 is 0 Å². The maximum absolute atomic E-state index is 13.8. The highest BCUT2D eigenvalue weighted by molar-refractivity contribution is 7.99.